The van der Waals surface area contributed by atoms with E-state index in [2.05, 4.69) is 10.6 Å². The number of hydrogen-bond donors (Lipinski definition) is 2. The highest BCUT2D eigenvalue weighted by Crippen LogP contribution is 2.18. The van der Waals surface area contributed by atoms with E-state index in [9.17, 15) is 9.59 Å². The van der Waals surface area contributed by atoms with E-state index in [4.69, 9.17) is 23.2 Å². The number of rotatable bonds is 6. The lowest BCUT2D eigenvalue weighted by Gasteiger charge is -2.24. The summed E-state index contributed by atoms with van der Waals surface area (Å²) in [5, 5.41) is 6.71. The van der Waals surface area contributed by atoms with E-state index in [1.54, 1.807) is 36.4 Å². The normalized spacial score (nSPS) is 13.2. The standard InChI is InChI=1S/C20H22Cl2N2O2/c1-12(2)18(24-19(25)16-6-4-5-7-17(16)22)20(26)23-13(3)14-8-10-15(21)11-9-14/h4-13,18H,1-3H3,(H,23,26)(H,24,25)/t13?,18-/m0/s1. The van der Waals surface area contributed by atoms with Crippen LogP contribution in [0.25, 0.3) is 0 Å². The Bertz CT molecular complexity index is 776. The summed E-state index contributed by atoms with van der Waals surface area (Å²) in [6.45, 7) is 5.64. The first-order valence-electron chi connectivity index (χ1n) is 8.41. The van der Waals surface area contributed by atoms with Gasteiger partial charge in [0, 0.05) is 5.02 Å². The summed E-state index contributed by atoms with van der Waals surface area (Å²) in [6, 6.07) is 13.1. The van der Waals surface area contributed by atoms with Gasteiger partial charge in [0.25, 0.3) is 5.91 Å². The van der Waals surface area contributed by atoms with Crippen LogP contribution in [0.3, 0.4) is 0 Å². The molecule has 0 radical (unpaired) electrons. The summed E-state index contributed by atoms with van der Waals surface area (Å²) < 4.78 is 0. The van der Waals surface area contributed by atoms with Crippen LogP contribution in [0.15, 0.2) is 48.5 Å². The van der Waals surface area contributed by atoms with Crippen LogP contribution in [0.2, 0.25) is 10.0 Å². The summed E-state index contributed by atoms with van der Waals surface area (Å²) in [4.78, 5) is 25.2. The zero-order valence-corrected chi connectivity index (χ0v) is 16.4. The molecule has 0 spiro atoms. The molecule has 2 N–H and O–H groups in total. The number of hydrogen-bond acceptors (Lipinski definition) is 2. The molecule has 2 rings (SSSR count). The maximum absolute atomic E-state index is 12.7. The van der Waals surface area contributed by atoms with Gasteiger partial charge in [0.1, 0.15) is 6.04 Å². The van der Waals surface area contributed by atoms with Gasteiger partial charge in [-0.2, -0.15) is 0 Å². The average Bonchev–Trinajstić information content (AvgIpc) is 2.59. The lowest BCUT2D eigenvalue weighted by atomic mass is 10.0. The lowest BCUT2D eigenvalue weighted by molar-refractivity contribution is -0.124. The molecule has 0 fully saturated rings. The van der Waals surface area contributed by atoms with Gasteiger partial charge in [0.2, 0.25) is 5.91 Å². The van der Waals surface area contributed by atoms with Crippen molar-refractivity contribution in [3.8, 4) is 0 Å². The first-order valence-corrected chi connectivity index (χ1v) is 9.16. The molecule has 0 heterocycles. The third-order valence-corrected chi connectivity index (χ3v) is 4.66. The van der Waals surface area contributed by atoms with Crippen molar-refractivity contribution in [2.24, 2.45) is 5.92 Å². The molecular formula is C20H22Cl2N2O2. The quantitative estimate of drug-likeness (QED) is 0.752. The largest absolute Gasteiger partial charge is 0.348 e. The van der Waals surface area contributed by atoms with Gasteiger partial charge in [0.15, 0.2) is 0 Å². The van der Waals surface area contributed by atoms with Crippen LogP contribution in [0, 0.1) is 5.92 Å². The molecule has 26 heavy (non-hydrogen) atoms. The van der Waals surface area contributed by atoms with E-state index in [0.29, 0.717) is 15.6 Å². The van der Waals surface area contributed by atoms with Gasteiger partial charge in [-0.15, -0.1) is 0 Å². The predicted molar refractivity (Wildman–Crippen MR) is 106 cm³/mol. The van der Waals surface area contributed by atoms with Crippen molar-refractivity contribution < 1.29 is 9.59 Å². The molecule has 2 amide bonds. The summed E-state index contributed by atoms with van der Waals surface area (Å²) in [5.41, 5.74) is 1.28. The fourth-order valence-electron chi connectivity index (χ4n) is 2.54. The Morgan fingerprint density at radius 3 is 2.08 bits per heavy atom. The zero-order valence-electron chi connectivity index (χ0n) is 14.9. The van der Waals surface area contributed by atoms with Crippen molar-refractivity contribution in [3.05, 3.63) is 69.7 Å². The minimum atomic E-state index is -0.673. The molecule has 0 bridgehead atoms. The van der Waals surface area contributed by atoms with Crippen molar-refractivity contribution in [1.29, 1.82) is 0 Å². The first-order chi connectivity index (χ1) is 12.3. The second-order valence-electron chi connectivity index (χ2n) is 6.46. The minimum Gasteiger partial charge on any atom is -0.348 e. The second-order valence-corrected chi connectivity index (χ2v) is 7.30. The number of carbonyl (C=O) groups is 2. The Hall–Kier alpha value is -2.04. The average molecular weight is 393 g/mol. The highest BCUT2D eigenvalue weighted by Gasteiger charge is 2.26. The smallest absolute Gasteiger partial charge is 0.253 e. The molecule has 0 aliphatic rings. The van der Waals surface area contributed by atoms with E-state index in [1.165, 1.54) is 0 Å². The van der Waals surface area contributed by atoms with Crippen molar-refractivity contribution in [2.75, 3.05) is 0 Å². The fraction of sp³-hybridized carbons (Fsp3) is 0.300. The Balaban J connectivity index is 2.08. The molecular weight excluding hydrogens is 371 g/mol. The van der Waals surface area contributed by atoms with Crippen molar-refractivity contribution in [2.45, 2.75) is 32.9 Å². The highest BCUT2D eigenvalue weighted by atomic mass is 35.5. The third kappa shape index (κ3) is 5.23. The topological polar surface area (TPSA) is 58.2 Å². The summed E-state index contributed by atoms with van der Waals surface area (Å²) in [6.07, 6.45) is 0. The van der Waals surface area contributed by atoms with Gasteiger partial charge in [-0.25, -0.2) is 0 Å². The van der Waals surface area contributed by atoms with Gasteiger partial charge in [0.05, 0.1) is 16.6 Å². The number of amides is 2. The minimum absolute atomic E-state index is 0.0844. The van der Waals surface area contributed by atoms with E-state index in [1.807, 2.05) is 32.9 Å². The van der Waals surface area contributed by atoms with Crippen LogP contribution >= 0.6 is 23.2 Å². The fourth-order valence-corrected chi connectivity index (χ4v) is 2.88. The molecule has 0 saturated carbocycles. The molecule has 0 aromatic heterocycles. The van der Waals surface area contributed by atoms with E-state index < -0.39 is 6.04 Å². The van der Waals surface area contributed by atoms with Crippen molar-refractivity contribution >= 4 is 35.0 Å². The number of halogens is 2. The van der Waals surface area contributed by atoms with Gasteiger partial charge in [-0.3, -0.25) is 9.59 Å². The number of benzene rings is 2. The maximum atomic E-state index is 12.7. The molecule has 0 saturated heterocycles. The van der Waals surface area contributed by atoms with E-state index in [0.717, 1.165) is 5.56 Å². The molecule has 138 valence electrons. The maximum Gasteiger partial charge on any atom is 0.253 e. The van der Waals surface area contributed by atoms with Crippen LogP contribution in [-0.2, 0) is 4.79 Å². The highest BCUT2D eigenvalue weighted by molar-refractivity contribution is 6.33. The van der Waals surface area contributed by atoms with Crippen molar-refractivity contribution in [1.82, 2.24) is 10.6 Å². The molecule has 0 aliphatic carbocycles. The first kappa shape index (κ1) is 20.3. The molecule has 2 aromatic carbocycles. The molecule has 2 aromatic rings. The molecule has 6 heteroatoms. The molecule has 1 unspecified atom stereocenters. The molecule has 0 aliphatic heterocycles. The Kier molecular flexibility index (Phi) is 7.06. The number of carbonyl (C=O) groups excluding carboxylic acids is 2. The van der Waals surface area contributed by atoms with Crippen LogP contribution in [0.5, 0.6) is 0 Å². The zero-order chi connectivity index (χ0) is 19.3. The van der Waals surface area contributed by atoms with Gasteiger partial charge >= 0.3 is 0 Å². The van der Waals surface area contributed by atoms with Gasteiger partial charge < -0.3 is 10.6 Å². The molecule has 2 atom stereocenters. The Morgan fingerprint density at radius 1 is 0.885 bits per heavy atom. The summed E-state index contributed by atoms with van der Waals surface area (Å²) >= 11 is 12.0. The Morgan fingerprint density at radius 2 is 1.50 bits per heavy atom. The van der Waals surface area contributed by atoms with E-state index in [-0.39, 0.29) is 23.8 Å². The summed E-state index contributed by atoms with van der Waals surface area (Å²) in [7, 11) is 0. The predicted octanol–water partition coefficient (Wildman–Crippen LogP) is 4.63. The third-order valence-electron chi connectivity index (χ3n) is 4.08. The van der Waals surface area contributed by atoms with Crippen LogP contribution in [0.4, 0.5) is 0 Å². The monoisotopic (exact) mass is 392 g/mol. The van der Waals surface area contributed by atoms with Gasteiger partial charge in [-0.05, 0) is 42.7 Å². The second kappa shape index (κ2) is 9.06. The van der Waals surface area contributed by atoms with Crippen LogP contribution in [0.1, 0.15) is 42.7 Å². The number of nitrogens with one attached hydrogen (secondary N) is 2. The van der Waals surface area contributed by atoms with Crippen LogP contribution in [-0.4, -0.2) is 17.9 Å². The Labute approximate surface area is 163 Å². The molecule has 4 nitrogen and oxygen atoms in total. The van der Waals surface area contributed by atoms with Crippen LogP contribution < -0.4 is 10.6 Å². The van der Waals surface area contributed by atoms with E-state index >= 15 is 0 Å². The lowest BCUT2D eigenvalue weighted by Crippen LogP contribution is -2.50. The SMILES string of the molecule is CC(NC(=O)[C@@H](NC(=O)c1ccccc1Cl)C(C)C)c1ccc(Cl)cc1. The van der Waals surface area contributed by atoms with Gasteiger partial charge in [-0.1, -0.05) is 61.3 Å². The summed E-state index contributed by atoms with van der Waals surface area (Å²) in [5.74, 6) is -0.703. The van der Waals surface area contributed by atoms with Crippen molar-refractivity contribution in [3.63, 3.8) is 0 Å².